The monoisotopic (exact) mass is 330 g/mol. The number of hydrogen-bond acceptors (Lipinski definition) is 4. The quantitative estimate of drug-likeness (QED) is 0.646. The summed E-state index contributed by atoms with van der Waals surface area (Å²) in [7, 11) is -0.159. The lowest BCUT2D eigenvalue weighted by atomic mass is 10.1. The van der Waals surface area contributed by atoms with Crippen LogP contribution in [0.25, 0.3) is 16.6 Å². The number of nitrogens with zero attached hydrogens (tertiary/aromatic N) is 1. The molecule has 4 N–H and O–H groups in total. The molecule has 2 heterocycles. The molecule has 1 aliphatic rings. The number of nitrogens with one attached hydrogen (secondary N) is 3. The van der Waals surface area contributed by atoms with Crippen molar-refractivity contribution in [2.45, 2.75) is 6.92 Å². The van der Waals surface area contributed by atoms with E-state index in [-0.39, 0.29) is 14.5 Å². The summed E-state index contributed by atoms with van der Waals surface area (Å²) in [4.78, 5) is 7.91. The minimum absolute atomic E-state index is 0.0890. The molecule has 122 valence electrons. The van der Waals surface area contributed by atoms with Gasteiger partial charge in [-0.3, -0.25) is 0 Å². The molecule has 1 aromatic carbocycles. The van der Waals surface area contributed by atoms with Crippen LogP contribution >= 0.6 is 7.92 Å². The molecule has 0 saturated heterocycles. The van der Waals surface area contributed by atoms with Crippen molar-refractivity contribution in [2.75, 3.05) is 33.0 Å². The summed E-state index contributed by atoms with van der Waals surface area (Å²) in [6.45, 7) is 7.90. The lowest BCUT2D eigenvalue weighted by Gasteiger charge is -2.21. The number of aliphatic hydroxyl groups is 1. The average molecular weight is 330 g/mol. The first-order valence-corrected chi connectivity index (χ1v) is 9.99. The number of hydrogen-bond donors (Lipinski definition) is 4. The van der Waals surface area contributed by atoms with E-state index in [4.69, 9.17) is 5.11 Å². The highest BCUT2D eigenvalue weighted by Gasteiger charge is 2.18. The summed E-state index contributed by atoms with van der Waals surface area (Å²) in [6.07, 6.45) is 2.08. The van der Waals surface area contributed by atoms with Crippen molar-refractivity contribution >= 4 is 35.8 Å². The number of aliphatic imine (C=N–C) groups is 1. The van der Waals surface area contributed by atoms with E-state index in [1.165, 1.54) is 27.3 Å². The summed E-state index contributed by atoms with van der Waals surface area (Å²) < 4.78 is 0. The number of rotatable bonds is 4. The zero-order valence-electron chi connectivity index (χ0n) is 13.8. The smallest absolute Gasteiger partial charge is 0.196 e. The van der Waals surface area contributed by atoms with Gasteiger partial charge in [-0.05, 0) is 31.1 Å². The largest absolute Gasteiger partial charge is 0.395 e. The second-order valence-corrected chi connectivity index (χ2v) is 8.16. The number of para-hydroxylation sites is 1. The highest BCUT2D eigenvalue weighted by molar-refractivity contribution is 7.64. The van der Waals surface area contributed by atoms with Crippen molar-refractivity contribution in [3.8, 4) is 0 Å². The van der Waals surface area contributed by atoms with Crippen LogP contribution in [0.2, 0.25) is 0 Å². The van der Waals surface area contributed by atoms with Crippen LogP contribution in [-0.2, 0) is 0 Å². The molecule has 0 radical (unpaired) electrons. The summed E-state index contributed by atoms with van der Waals surface area (Å²) in [5.74, 6) is 0.721. The van der Waals surface area contributed by atoms with Gasteiger partial charge in [0.25, 0.3) is 0 Å². The summed E-state index contributed by atoms with van der Waals surface area (Å²) in [5, 5.41) is 18.1. The fraction of sp³-hybridized carbons (Fsp3) is 0.353. The Hall–Kier alpha value is -1.84. The molecular formula is C17H23N4OP. The number of benzene rings is 1. The Morgan fingerprint density at radius 3 is 2.91 bits per heavy atom. The number of aliphatic hydroxyl groups excluding tert-OH is 1. The molecule has 0 amide bonds. The minimum Gasteiger partial charge on any atom is -0.395 e. The Bertz CT molecular complexity index is 776. The van der Waals surface area contributed by atoms with Crippen molar-refractivity contribution < 1.29 is 5.11 Å². The molecule has 0 unspecified atom stereocenters. The van der Waals surface area contributed by atoms with Crippen LogP contribution < -0.4 is 15.9 Å². The van der Waals surface area contributed by atoms with Gasteiger partial charge in [0.05, 0.1) is 24.4 Å². The Kier molecular flexibility index (Phi) is 4.69. The fourth-order valence-electron chi connectivity index (χ4n) is 2.83. The molecule has 0 fully saturated rings. The van der Waals surface area contributed by atoms with Gasteiger partial charge in [-0.2, -0.15) is 0 Å². The summed E-state index contributed by atoms with van der Waals surface area (Å²) in [6, 6.07) is 6.51. The van der Waals surface area contributed by atoms with E-state index in [2.05, 4.69) is 65.3 Å². The average Bonchev–Trinajstić information content (AvgIpc) is 2.97. The van der Waals surface area contributed by atoms with Gasteiger partial charge in [0.2, 0.25) is 0 Å². The van der Waals surface area contributed by atoms with Crippen LogP contribution in [0.5, 0.6) is 0 Å². The molecule has 2 aromatic rings. The Balaban J connectivity index is 1.98. The highest BCUT2D eigenvalue weighted by atomic mass is 31.1. The minimum atomic E-state index is -0.159. The molecule has 0 saturated carbocycles. The van der Waals surface area contributed by atoms with E-state index in [0.717, 1.165) is 11.7 Å². The standard InChI is InChI=1S/C17H23N4OP/c1-11-9-20-17(18-7-8-22)21-15(11)13-10-19-16-12(13)5-4-6-14(16)23(2)3/h4-6,10,19,22H,7-9H2,1-3H3,(H2,18,20,21). The number of aromatic nitrogens is 1. The molecule has 0 spiro atoms. The van der Waals surface area contributed by atoms with Crippen molar-refractivity contribution in [2.24, 2.45) is 4.99 Å². The fourth-order valence-corrected chi connectivity index (χ4v) is 3.85. The third-order valence-corrected chi connectivity index (χ3v) is 5.33. The number of fused-ring (bicyclic) bond motifs is 1. The van der Waals surface area contributed by atoms with E-state index >= 15 is 0 Å². The van der Waals surface area contributed by atoms with Gasteiger partial charge in [0.1, 0.15) is 0 Å². The molecule has 23 heavy (non-hydrogen) atoms. The molecular weight excluding hydrogens is 307 g/mol. The predicted molar refractivity (Wildman–Crippen MR) is 99.8 cm³/mol. The molecule has 0 bridgehead atoms. The van der Waals surface area contributed by atoms with E-state index in [9.17, 15) is 0 Å². The van der Waals surface area contributed by atoms with Gasteiger partial charge in [0, 0.05) is 23.7 Å². The van der Waals surface area contributed by atoms with E-state index < -0.39 is 0 Å². The number of H-pyrrole nitrogens is 1. The van der Waals surface area contributed by atoms with Gasteiger partial charge in [-0.1, -0.05) is 26.1 Å². The van der Waals surface area contributed by atoms with Crippen LogP contribution in [0.3, 0.4) is 0 Å². The first kappa shape index (κ1) is 16.0. The zero-order valence-corrected chi connectivity index (χ0v) is 14.7. The third-order valence-electron chi connectivity index (χ3n) is 3.99. The van der Waals surface area contributed by atoms with Gasteiger partial charge in [0.15, 0.2) is 5.96 Å². The van der Waals surface area contributed by atoms with E-state index in [1.54, 1.807) is 0 Å². The molecule has 1 aromatic heterocycles. The van der Waals surface area contributed by atoms with Gasteiger partial charge in [-0.25, -0.2) is 4.99 Å². The molecule has 0 aliphatic carbocycles. The second kappa shape index (κ2) is 6.73. The zero-order chi connectivity index (χ0) is 16.4. The maximum Gasteiger partial charge on any atom is 0.196 e. The first-order valence-electron chi connectivity index (χ1n) is 7.75. The summed E-state index contributed by atoms with van der Waals surface area (Å²) in [5.41, 5.74) is 4.71. The topological polar surface area (TPSA) is 72.4 Å². The van der Waals surface area contributed by atoms with Crippen LogP contribution in [0, 0.1) is 0 Å². The highest BCUT2D eigenvalue weighted by Crippen LogP contribution is 2.32. The van der Waals surface area contributed by atoms with Crippen molar-refractivity contribution in [1.29, 1.82) is 0 Å². The number of guanidine groups is 1. The van der Waals surface area contributed by atoms with Crippen LogP contribution in [0.15, 0.2) is 35.0 Å². The van der Waals surface area contributed by atoms with E-state index in [1.807, 2.05) is 0 Å². The van der Waals surface area contributed by atoms with Crippen LogP contribution in [0.4, 0.5) is 0 Å². The Morgan fingerprint density at radius 1 is 1.35 bits per heavy atom. The van der Waals surface area contributed by atoms with Crippen molar-refractivity contribution in [3.63, 3.8) is 0 Å². The number of aromatic amines is 1. The lowest BCUT2D eigenvalue weighted by molar-refractivity contribution is 0.300. The van der Waals surface area contributed by atoms with Gasteiger partial charge < -0.3 is 20.7 Å². The molecule has 3 rings (SSSR count). The Labute approximate surface area is 137 Å². The van der Waals surface area contributed by atoms with E-state index in [0.29, 0.717) is 13.1 Å². The predicted octanol–water partition coefficient (Wildman–Crippen LogP) is 1.81. The van der Waals surface area contributed by atoms with Crippen molar-refractivity contribution in [3.05, 3.63) is 35.5 Å². The van der Waals surface area contributed by atoms with Gasteiger partial charge >= 0.3 is 0 Å². The van der Waals surface area contributed by atoms with Crippen molar-refractivity contribution in [1.82, 2.24) is 15.6 Å². The maximum absolute atomic E-state index is 8.96. The second-order valence-electron chi connectivity index (χ2n) is 5.89. The SMILES string of the molecule is CC1=C(c2c[nH]c3c(P(C)C)cccc23)NC(NCCO)=NC1. The third kappa shape index (κ3) is 3.12. The molecule has 5 nitrogen and oxygen atoms in total. The molecule has 6 heteroatoms. The van der Waals surface area contributed by atoms with Gasteiger partial charge in [-0.15, -0.1) is 0 Å². The molecule has 1 aliphatic heterocycles. The summed E-state index contributed by atoms with van der Waals surface area (Å²) >= 11 is 0. The lowest BCUT2D eigenvalue weighted by Crippen LogP contribution is -2.40. The first-order chi connectivity index (χ1) is 11.1. The Morgan fingerprint density at radius 2 is 2.17 bits per heavy atom. The van der Waals surface area contributed by atoms with Crippen LogP contribution in [-0.4, -0.2) is 49.1 Å². The maximum atomic E-state index is 8.96. The normalized spacial score (nSPS) is 15.1. The molecule has 0 atom stereocenters. The van der Waals surface area contributed by atoms with Crippen LogP contribution in [0.1, 0.15) is 12.5 Å².